The third-order valence-corrected chi connectivity index (χ3v) is 7.31. The summed E-state index contributed by atoms with van der Waals surface area (Å²) < 4.78 is 10.9. The number of carbonyl (C=O) groups excluding carboxylic acids is 2. The SMILES string of the molecule is Cc1c(Cl)cc(Cl)c([N+](=O)[O-])c1C(=O)Cl.Cc1c(Cl)cc(Cl)c([N+](=O)[O-])c1C(=O)NCCCOCCCCOCCCN. The molecule has 0 fully saturated rings. The van der Waals surface area contributed by atoms with Crippen LogP contribution < -0.4 is 11.1 Å². The average molecular weight is 705 g/mol. The minimum atomic E-state index is -0.955. The van der Waals surface area contributed by atoms with Gasteiger partial charge >= 0.3 is 5.69 Å². The summed E-state index contributed by atoms with van der Waals surface area (Å²) in [5.74, 6) is -0.580. The Morgan fingerprint density at radius 2 is 1.19 bits per heavy atom. The number of nitrogens with two attached hydrogens (primary N) is 1. The second-order valence-corrected chi connectivity index (χ2v) is 10.8. The Balaban J connectivity index is 0.000000517. The summed E-state index contributed by atoms with van der Waals surface area (Å²) in [4.78, 5) is 43.9. The third-order valence-electron chi connectivity index (χ3n) is 5.76. The van der Waals surface area contributed by atoms with Gasteiger partial charge in [-0.05, 0) is 80.9 Å². The van der Waals surface area contributed by atoms with Crippen LogP contribution in [0.3, 0.4) is 0 Å². The maximum absolute atomic E-state index is 12.4. The molecule has 0 radical (unpaired) electrons. The molecule has 0 unspecified atom stereocenters. The standard InChI is InChI=1S/C18H27Cl2N3O5.C8H4Cl3NO3/c1-13-14(19)12-15(20)17(23(25)26)16(13)18(24)22-7-5-11-28-9-3-2-8-27-10-4-6-21;1-3-4(9)2-5(10)7(12(14)15)6(3)8(11)13/h12H,2-11,21H2,1H3,(H,22,24);2H,1H3. The minimum Gasteiger partial charge on any atom is -0.381 e. The zero-order chi connectivity index (χ0) is 32.7. The van der Waals surface area contributed by atoms with Gasteiger partial charge in [-0.3, -0.25) is 29.8 Å². The number of carbonyl (C=O) groups is 2. The Morgan fingerprint density at radius 1 is 0.767 bits per heavy atom. The van der Waals surface area contributed by atoms with Gasteiger partial charge in [-0.2, -0.15) is 0 Å². The molecule has 2 aromatic carbocycles. The first-order chi connectivity index (χ1) is 20.3. The van der Waals surface area contributed by atoms with Crippen LogP contribution in [0.25, 0.3) is 0 Å². The van der Waals surface area contributed by atoms with Crippen LogP contribution in [0, 0.1) is 34.1 Å². The van der Waals surface area contributed by atoms with Crippen LogP contribution in [-0.4, -0.2) is 60.5 Å². The van der Waals surface area contributed by atoms with Gasteiger partial charge in [0.05, 0.1) is 9.85 Å². The van der Waals surface area contributed by atoms with E-state index < -0.39 is 32.4 Å². The van der Waals surface area contributed by atoms with Gasteiger partial charge in [0, 0.05) is 43.0 Å². The Kier molecular flexibility index (Phi) is 17.9. The van der Waals surface area contributed by atoms with E-state index in [1.807, 2.05) is 0 Å². The lowest BCUT2D eigenvalue weighted by Crippen LogP contribution is -2.27. The van der Waals surface area contributed by atoms with Gasteiger partial charge in [-0.1, -0.05) is 46.4 Å². The lowest BCUT2D eigenvalue weighted by molar-refractivity contribution is -0.385. The summed E-state index contributed by atoms with van der Waals surface area (Å²) in [7, 11) is 0. The first-order valence-electron chi connectivity index (χ1n) is 12.9. The van der Waals surface area contributed by atoms with Gasteiger partial charge < -0.3 is 20.5 Å². The Hall–Kier alpha value is -2.29. The second-order valence-electron chi connectivity index (χ2n) is 8.85. The summed E-state index contributed by atoms with van der Waals surface area (Å²) in [6, 6.07) is 2.48. The first-order valence-corrected chi connectivity index (χ1v) is 14.7. The molecule has 0 aliphatic rings. The lowest BCUT2D eigenvalue weighted by Gasteiger charge is -2.11. The van der Waals surface area contributed by atoms with Crippen molar-refractivity contribution in [2.45, 2.75) is 39.5 Å². The molecule has 0 atom stereocenters. The molecule has 0 saturated heterocycles. The number of nitro benzene ring substituents is 2. The molecule has 43 heavy (non-hydrogen) atoms. The number of nitrogens with zero attached hydrogens (tertiary/aromatic N) is 2. The van der Waals surface area contributed by atoms with Gasteiger partial charge in [0.2, 0.25) is 0 Å². The van der Waals surface area contributed by atoms with E-state index in [0.717, 1.165) is 19.3 Å². The predicted molar refractivity (Wildman–Crippen MR) is 167 cm³/mol. The van der Waals surface area contributed by atoms with Gasteiger partial charge in [-0.15, -0.1) is 0 Å². The molecule has 0 aromatic heterocycles. The molecule has 238 valence electrons. The normalized spacial score (nSPS) is 10.6. The number of ether oxygens (including phenoxy) is 2. The predicted octanol–water partition coefficient (Wildman–Crippen LogP) is 7.08. The molecule has 12 nitrogen and oxygen atoms in total. The number of hydrogen-bond donors (Lipinski definition) is 2. The monoisotopic (exact) mass is 702 g/mol. The van der Waals surface area contributed by atoms with Crippen molar-refractivity contribution in [3.05, 3.63) is 74.7 Å². The molecule has 0 heterocycles. The van der Waals surface area contributed by atoms with Gasteiger partial charge in [0.25, 0.3) is 16.8 Å². The molecule has 17 heteroatoms. The Morgan fingerprint density at radius 3 is 1.63 bits per heavy atom. The van der Waals surface area contributed by atoms with E-state index in [-0.39, 0.29) is 36.8 Å². The van der Waals surface area contributed by atoms with Crippen molar-refractivity contribution >= 4 is 80.5 Å². The van der Waals surface area contributed by atoms with Crippen molar-refractivity contribution in [3.8, 4) is 0 Å². The first kappa shape index (κ1) is 38.7. The van der Waals surface area contributed by atoms with E-state index in [2.05, 4.69) is 5.32 Å². The van der Waals surface area contributed by atoms with E-state index in [1.54, 1.807) is 6.92 Å². The summed E-state index contributed by atoms with van der Waals surface area (Å²) in [5.41, 5.74) is 4.61. The maximum atomic E-state index is 12.4. The highest BCUT2D eigenvalue weighted by Crippen LogP contribution is 2.37. The van der Waals surface area contributed by atoms with Crippen LogP contribution in [0.2, 0.25) is 20.1 Å². The van der Waals surface area contributed by atoms with Crippen LogP contribution in [0.5, 0.6) is 0 Å². The number of nitrogens with one attached hydrogen (secondary N) is 1. The van der Waals surface area contributed by atoms with E-state index in [9.17, 15) is 29.8 Å². The van der Waals surface area contributed by atoms with Crippen molar-refractivity contribution in [1.29, 1.82) is 0 Å². The molecular formula is C26H31Cl5N4O8. The molecule has 0 saturated carbocycles. The summed E-state index contributed by atoms with van der Waals surface area (Å²) in [5, 5.41) is 23.6. The van der Waals surface area contributed by atoms with Crippen LogP contribution in [0.15, 0.2) is 12.1 Å². The highest BCUT2D eigenvalue weighted by Gasteiger charge is 2.28. The van der Waals surface area contributed by atoms with E-state index in [0.29, 0.717) is 51.5 Å². The molecule has 0 aliphatic carbocycles. The average Bonchev–Trinajstić information content (AvgIpc) is 2.92. The molecule has 0 aliphatic heterocycles. The second kappa shape index (κ2) is 19.9. The highest BCUT2D eigenvalue weighted by atomic mass is 35.5. The smallest absolute Gasteiger partial charge is 0.300 e. The molecular weight excluding hydrogens is 674 g/mol. The van der Waals surface area contributed by atoms with Gasteiger partial charge in [-0.25, -0.2) is 0 Å². The lowest BCUT2D eigenvalue weighted by atomic mass is 10.1. The third kappa shape index (κ3) is 12.3. The quantitative estimate of drug-likeness (QED) is 0.0800. The van der Waals surface area contributed by atoms with E-state index >= 15 is 0 Å². The number of benzene rings is 2. The molecule has 2 rings (SSSR count). The highest BCUT2D eigenvalue weighted by molar-refractivity contribution is 6.68. The molecule has 2 aromatic rings. The fourth-order valence-corrected chi connectivity index (χ4v) is 4.84. The maximum Gasteiger partial charge on any atom is 0.300 e. The summed E-state index contributed by atoms with van der Waals surface area (Å²) in [6.07, 6.45) is 3.26. The Labute approximate surface area is 273 Å². The topological polar surface area (TPSA) is 177 Å². The zero-order valence-corrected chi connectivity index (χ0v) is 27.1. The number of amides is 1. The van der Waals surface area contributed by atoms with Crippen molar-refractivity contribution in [1.82, 2.24) is 5.32 Å². The number of unbranched alkanes of at least 4 members (excludes halogenated alkanes) is 1. The number of hydrogen-bond acceptors (Lipinski definition) is 9. The van der Waals surface area contributed by atoms with Crippen LogP contribution >= 0.6 is 58.0 Å². The molecule has 1 amide bonds. The summed E-state index contributed by atoms with van der Waals surface area (Å²) in [6.45, 7) is 6.43. The largest absolute Gasteiger partial charge is 0.381 e. The fourth-order valence-electron chi connectivity index (χ4n) is 3.55. The van der Waals surface area contributed by atoms with Crippen LogP contribution in [-0.2, 0) is 9.47 Å². The van der Waals surface area contributed by atoms with Gasteiger partial charge in [0.15, 0.2) is 0 Å². The zero-order valence-electron chi connectivity index (χ0n) is 23.4. The molecule has 0 spiro atoms. The van der Waals surface area contributed by atoms with Crippen molar-refractivity contribution in [2.75, 3.05) is 39.5 Å². The number of nitro groups is 2. The molecule has 0 bridgehead atoms. The van der Waals surface area contributed by atoms with Crippen molar-refractivity contribution < 1.29 is 28.9 Å². The number of halogens is 5. The van der Waals surface area contributed by atoms with Crippen LogP contribution in [0.4, 0.5) is 11.4 Å². The number of rotatable bonds is 16. The molecule has 3 N–H and O–H groups in total. The summed E-state index contributed by atoms with van der Waals surface area (Å²) >= 11 is 28.5. The van der Waals surface area contributed by atoms with E-state index in [4.69, 9.17) is 73.2 Å². The van der Waals surface area contributed by atoms with Crippen molar-refractivity contribution in [3.63, 3.8) is 0 Å². The van der Waals surface area contributed by atoms with E-state index in [1.165, 1.54) is 19.1 Å². The van der Waals surface area contributed by atoms with Gasteiger partial charge in [0.1, 0.15) is 21.2 Å². The Bertz CT molecular complexity index is 1310. The fraction of sp³-hybridized carbons (Fsp3) is 0.462. The van der Waals surface area contributed by atoms with Crippen molar-refractivity contribution in [2.24, 2.45) is 5.73 Å². The van der Waals surface area contributed by atoms with Crippen LogP contribution in [0.1, 0.15) is 57.5 Å². The minimum absolute atomic E-state index is 0.113.